The van der Waals surface area contributed by atoms with Crippen LogP contribution in [0.2, 0.25) is 5.02 Å². The van der Waals surface area contributed by atoms with Crippen molar-refractivity contribution in [3.63, 3.8) is 0 Å². The van der Waals surface area contributed by atoms with Gasteiger partial charge in [-0.15, -0.1) is 0 Å². The Morgan fingerprint density at radius 3 is 2.08 bits per heavy atom. The summed E-state index contributed by atoms with van der Waals surface area (Å²) in [5.41, 5.74) is 1.54. The van der Waals surface area contributed by atoms with Crippen molar-refractivity contribution in [2.75, 3.05) is 20.3 Å². The summed E-state index contributed by atoms with van der Waals surface area (Å²) in [5, 5.41) is 5.73. The Morgan fingerprint density at radius 1 is 0.885 bits per heavy atom. The van der Waals surface area contributed by atoms with Crippen molar-refractivity contribution >= 4 is 65.0 Å². The minimum atomic E-state index is -2.01. The van der Waals surface area contributed by atoms with E-state index in [1.54, 1.807) is 48.5 Å². The molecule has 2 amide bonds. The lowest BCUT2D eigenvalue weighted by molar-refractivity contribution is -0.221. The predicted molar refractivity (Wildman–Crippen MR) is 185 cm³/mol. The molecule has 0 spiro atoms. The highest BCUT2D eigenvalue weighted by Gasteiger charge is 2.59. The van der Waals surface area contributed by atoms with Gasteiger partial charge in [-0.05, 0) is 36.8 Å². The van der Waals surface area contributed by atoms with Gasteiger partial charge < -0.3 is 39.1 Å². The molecule has 6 atom stereocenters. The van der Waals surface area contributed by atoms with Gasteiger partial charge in [-0.2, -0.15) is 0 Å². The Morgan fingerprint density at radius 2 is 1.52 bits per heavy atom. The molecule has 1 aliphatic heterocycles. The second kappa shape index (κ2) is 19.2. The molecule has 3 rings (SSSR count). The predicted octanol–water partition coefficient (Wildman–Crippen LogP) is 2.60. The van der Waals surface area contributed by atoms with E-state index in [2.05, 4.69) is 10.6 Å². The zero-order valence-corrected chi connectivity index (χ0v) is 31.0. The van der Waals surface area contributed by atoms with Crippen LogP contribution in [0.3, 0.4) is 0 Å². The number of thioether (sulfide) groups is 1. The van der Waals surface area contributed by atoms with Crippen molar-refractivity contribution in [1.29, 1.82) is 0 Å². The summed E-state index contributed by atoms with van der Waals surface area (Å²) in [7, 11) is 1.12. The van der Waals surface area contributed by atoms with E-state index >= 15 is 0 Å². The normalized spacial score (nSPS) is 20.6. The van der Waals surface area contributed by atoms with Crippen LogP contribution in [-0.2, 0) is 68.4 Å². The average molecular weight is 765 g/mol. The molecule has 0 aromatic heterocycles. The SMILES string of the molecule is COC(=O)[C@]1(Sc2ccc(C)cc2)C[C@H](OC(C)=O)[C@@H](NC(=O)COC(C)=O)[C@H]([C@H](OC(C)=O)[C@@H](CNC(=O)Cc2ccc(Cl)cc2)OC(C)=O)O1. The monoisotopic (exact) mass is 764 g/mol. The van der Waals surface area contributed by atoms with E-state index in [4.69, 9.17) is 40.0 Å². The quantitative estimate of drug-likeness (QED) is 0.198. The lowest BCUT2D eigenvalue weighted by Crippen LogP contribution is -2.68. The number of carbonyl (C=O) groups is 7. The molecule has 2 N–H and O–H groups in total. The van der Waals surface area contributed by atoms with E-state index in [1.165, 1.54) is 0 Å². The van der Waals surface area contributed by atoms with Crippen LogP contribution >= 0.6 is 23.4 Å². The van der Waals surface area contributed by atoms with Gasteiger partial charge in [-0.1, -0.05) is 53.2 Å². The molecule has 52 heavy (non-hydrogen) atoms. The average Bonchev–Trinajstić information content (AvgIpc) is 3.07. The summed E-state index contributed by atoms with van der Waals surface area (Å²) < 4.78 is 33.5. The van der Waals surface area contributed by atoms with Gasteiger partial charge in [0.2, 0.25) is 10.8 Å². The van der Waals surface area contributed by atoms with Gasteiger partial charge in [-0.3, -0.25) is 28.8 Å². The van der Waals surface area contributed by atoms with Crippen LogP contribution < -0.4 is 10.6 Å². The first kappa shape index (κ1) is 41.7. The first-order chi connectivity index (χ1) is 24.5. The molecule has 1 saturated heterocycles. The van der Waals surface area contributed by atoms with Crippen molar-refractivity contribution in [3.05, 3.63) is 64.7 Å². The van der Waals surface area contributed by atoms with E-state index in [0.29, 0.717) is 15.5 Å². The summed E-state index contributed by atoms with van der Waals surface area (Å²) in [4.78, 5) is 87.6. The Hall–Kier alpha value is -4.67. The molecule has 2 aromatic rings. The van der Waals surface area contributed by atoms with E-state index < -0.39 is 96.6 Å². The number of benzene rings is 2. The molecular formula is C35H41ClN2O13S. The van der Waals surface area contributed by atoms with Crippen LogP contribution in [0.4, 0.5) is 0 Å². The zero-order chi connectivity index (χ0) is 38.6. The van der Waals surface area contributed by atoms with E-state index in [1.807, 2.05) is 6.92 Å². The Bertz CT molecular complexity index is 1620. The van der Waals surface area contributed by atoms with Gasteiger partial charge in [0.25, 0.3) is 5.91 Å². The molecule has 0 radical (unpaired) electrons. The maximum atomic E-state index is 13.7. The zero-order valence-electron chi connectivity index (χ0n) is 29.4. The fraction of sp³-hybridized carbons (Fsp3) is 0.457. The lowest BCUT2D eigenvalue weighted by atomic mass is 9.89. The molecule has 1 heterocycles. The number of nitrogens with one attached hydrogen (secondary N) is 2. The first-order valence-electron chi connectivity index (χ1n) is 16.0. The van der Waals surface area contributed by atoms with Gasteiger partial charge >= 0.3 is 29.8 Å². The Labute approximate surface area is 309 Å². The number of hydrogen-bond donors (Lipinski definition) is 2. The van der Waals surface area contributed by atoms with Gasteiger partial charge in [-0.25, -0.2) is 4.79 Å². The number of esters is 5. The molecule has 0 unspecified atom stereocenters. The van der Waals surface area contributed by atoms with Gasteiger partial charge in [0.15, 0.2) is 18.8 Å². The second-order valence-corrected chi connectivity index (χ2v) is 13.6. The smallest absolute Gasteiger partial charge is 0.349 e. The molecule has 282 valence electrons. The number of hydrogen-bond acceptors (Lipinski definition) is 14. The number of halogens is 1. The summed E-state index contributed by atoms with van der Waals surface area (Å²) in [5.74, 6) is -5.61. The fourth-order valence-corrected chi connectivity index (χ4v) is 6.71. The third-order valence-electron chi connectivity index (χ3n) is 7.49. The van der Waals surface area contributed by atoms with Crippen LogP contribution in [0, 0.1) is 6.92 Å². The molecule has 0 bridgehead atoms. The molecule has 17 heteroatoms. The minimum Gasteiger partial charge on any atom is -0.466 e. The number of ether oxygens (including phenoxy) is 6. The number of carbonyl (C=O) groups excluding carboxylic acids is 7. The third kappa shape index (κ3) is 12.5. The molecule has 15 nitrogen and oxygen atoms in total. The van der Waals surface area contributed by atoms with Gasteiger partial charge in [0.1, 0.15) is 12.2 Å². The molecule has 1 aliphatic rings. The van der Waals surface area contributed by atoms with Crippen molar-refractivity contribution < 1.29 is 62.0 Å². The molecule has 2 aromatic carbocycles. The summed E-state index contributed by atoms with van der Waals surface area (Å²) >= 11 is 6.86. The van der Waals surface area contributed by atoms with Crippen LogP contribution in [-0.4, -0.2) is 97.3 Å². The topological polar surface area (TPSA) is 199 Å². The minimum absolute atomic E-state index is 0.0931. The molecular weight excluding hydrogens is 724 g/mol. The molecule has 0 saturated carbocycles. The Balaban J connectivity index is 2.15. The lowest BCUT2D eigenvalue weighted by Gasteiger charge is -2.48. The number of aryl methyl sites for hydroxylation is 1. The summed E-state index contributed by atoms with van der Waals surface area (Å²) in [6.45, 7) is 5.02. The van der Waals surface area contributed by atoms with Gasteiger partial charge in [0.05, 0.1) is 26.1 Å². The van der Waals surface area contributed by atoms with Crippen LogP contribution in [0.15, 0.2) is 53.4 Å². The third-order valence-corrected chi connectivity index (χ3v) is 9.01. The van der Waals surface area contributed by atoms with Crippen molar-refractivity contribution in [1.82, 2.24) is 10.6 Å². The van der Waals surface area contributed by atoms with Crippen molar-refractivity contribution in [2.24, 2.45) is 0 Å². The summed E-state index contributed by atoms with van der Waals surface area (Å²) in [6, 6.07) is 12.1. The summed E-state index contributed by atoms with van der Waals surface area (Å²) in [6.07, 6.45) is -6.66. The van der Waals surface area contributed by atoms with Gasteiger partial charge in [0, 0.05) is 44.0 Å². The maximum Gasteiger partial charge on any atom is 0.349 e. The van der Waals surface area contributed by atoms with E-state index in [9.17, 15) is 33.6 Å². The van der Waals surface area contributed by atoms with Crippen molar-refractivity contribution in [3.8, 4) is 0 Å². The Kier molecular flexibility index (Phi) is 15.5. The van der Waals surface area contributed by atoms with Crippen LogP contribution in [0.5, 0.6) is 0 Å². The largest absolute Gasteiger partial charge is 0.466 e. The maximum absolute atomic E-state index is 13.7. The van der Waals surface area contributed by atoms with E-state index in [0.717, 1.165) is 52.1 Å². The van der Waals surface area contributed by atoms with Crippen LogP contribution in [0.1, 0.15) is 45.2 Å². The highest BCUT2D eigenvalue weighted by molar-refractivity contribution is 8.01. The molecule has 0 aliphatic carbocycles. The number of rotatable bonds is 15. The number of methoxy groups -OCH3 is 1. The number of amides is 2. The highest BCUT2D eigenvalue weighted by atomic mass is 35.5. The fourth-order valence-electron chi connectivity index (χ4n) is 5.35. The van der Waals surface area contributed by atoms with Crippen molar-refractivity contribution in [2.45, 2.75) is 87.7 Å². The second-order valence-electron chi connectivity index (χ2n) is 11.8. The molecule has 1 fully saturated rings. The standard InChI is InChI=1S/C35H41ClN2O13S/c1-19-7-13-26(14-8-19)52-35(34(45)46-6)16-27(48-21(3)40)31(38-30(44)18-47-20(2)39)33(51-35)32(50-23(5)42)28(49-22(4)41)17-37-29(43)15-24-9-11-25(36)12-10-24/h7-14,27-28,31-33H,15-18H2,1-6H3,(H,37,43)(H,38,44)/t27-,28+,31+,32+,33+,35+/m0/s1. The van der Waals surface area contributed by atoms with E-state index in [-0.39, 0.29) is 6.42 Å². The first-order valence-corrected chi connectivity index (χ1v) is 17.2. The highest BCUT2D eigenvalue weighted by Crippen LogP contribution is 2.46. The van der Waals surface area contributed by atoms with Crippen LogP contribution in [0.25, 0.3) is 0 Å².